The summed E-state index contributed by atoms with van der Waals surface area (Å²) in [6.45, 7) is 4.90. The molecule has 60 heavy (non-hydrogen) atoms. The van der Waals surface area contributed by atoms with Crippen molar-refractivity contribution in [1.29, 1.82) is 0 Å². The first kappa shape index (κ1) is 58.3. The van der Waals surface area contributed by atoms with Crippen molar-refractivity contribution in [3.63, 3.8) is 0 Å². The number of amides is 1. The maximum atomic E-state index is 12.4. The zero-order valence-corrected chi connectivity index (χ0v) is 40.2. The summed E-state index contributed by atoms with van der Waals surface area (Å²) in [5, 5.41) is 23.1. The molecule has 0 bridgehead atoms. The van der Waals surface area contributed by atoms with Crippen LogP contribution in [0.3, 0.4) is 0 Å². The van der Waals surface area contributed by atoms with E-state index < -0.39 is 12.1 Å². The van der Waals surface area contributed by atoms with Crippen LogP contribution in [0.15, 0.2) is 24.3 Å². The summed E-state index contributed by atoms with van der Waals surface area (Å²) in [4.78, 5) is 24.4. The Balaban J connectivity index is 3.42. The summed E-state index contributed by atoms with van der Waals surface area (Å²) >= 11 is 0. The molecule has 2 atom stereocenters. The smallest absolute Gasteiger partial charge is 0.305 e. The number of aliphatic hydroxyl groups is 2. The van der Waals surface area contributed by atoms with Crippen LogP contribution in [0.5, 0.6) is 0 Å². The second-order valence-electron chi connectivity index (χ2n) is 18.2. The van der Waals surface area contributed by atoms with E-state index in [9.17, 15) is 19.8 Å². The maximum absolute atomic E-state index is 12.4. The van der Waals surface area contributed by atoms with E-state index in [4.69, 9.17) is 4.74 Å². The van der Waals surface area contributed by atoms with E-state index in [1.54, 1.807) is 0 Å². The van der Waals surface area contributed by atoms with Crippen LogP contribution in [0.25, 0.3) is 0 Å². The Bertz CT molecular complexity index is 935. The Morgan fingerprint density at radius 2 is 0.783 bits per heavy atom. The number of ether oxygens (including phenoxy) is 1. The van der Waals surface area contributed by atoms with Gasteiger partial charge in [0.2, 0.25) is 5.91 Å². The summed E-state index contributed by atoms with van der Waals surface area (Å²) in [5.74, 6) is -0.0553. The van der Waals surface area contributed by atoms with Crippen LogP contribution in [0.2, 0.25) is 0 Å². The van der Waals surface area contributed by atoms with Gasteiger partial charge >= 0.3 is 5.97 Å². The monoisotopic (exact) mass is 846 g/mol. The third-order valence-corrected chi connectivity index (χ3v) is 12.2. The van der Waals surface area contributed by atoms with Gasteiger partial charge in [-0.25, -0.2) is 0 Å². The lowest BCUT2D eigenvalue weighted by Gasteiger charge is -2.22. The van der Waals surface area contributed by atoms with Gasteiger partial charge in [-0.15, -0.1) is 0 Å². The first-order valence-electron chi connectivity index (χ1n) is 26.6. The molecule has 0 aliphatic heterocycles. The molecule has 6 heteroatoms. The second kappa shape index (κ2) is 50.0. The summed E-state index contributed by atoms with van der Waals surface area (Å²) in [7, 11) is 0. The summed E-state index contributed by atoms with van der Waals surface area (Å²) < 4.78 is 5.47. The lowest BCUT2D eigenvalue weighted by Crippen LogP contribution is -2.45. The van der Waals surface area contributed by atoms with Gasteiger partial charge in [0.25, 0.3) is 0 Å². The van der Waals surface area contributed by atoms with E-state index in [1.807, 2.05) is 0 Å². The first-order chi connectivity index (χ1) is 29.5. The Hall–Kier alpha value is -1.66. The third kappa shape index (κ3) is 45.9. The van der Waals surface area contributed by atoms with Gasteiger partial charge < -0.3 is 20.3 Å². The number of aliphatic hydroxyl groups excluding tert-OH is 2. The first-order valence-corrected chi connectivity index (χ1v) is 26.6. The zero-order chi connectivity index (χ0) is 43.7. The van der Waals surface area contributed by atoms with E-state index in [1.165, 1.54) is 193 Å². The number of carbonyl (C=O) groups excluding carboxylic acids is 2. The molecule has 0 aromatic rings. The molecule has 1 amide bonds. The van der Waals surface area contributed by atoms with Crippen molar-refractivity contribution in [2.45, 2.75) is 296 Å². The van der Waals surface area contributed by atoms with Gasteiger partial charge in [-0.3, -0.25) is 9.59 Å². The molecule has 0 heterocycles. The van der Waals surface area contributed by atoms with Gasteiger partial charge in [-0.2, -0.15) is 0 Å². The minimum atomic E-state index is -0.669. The summed E-state index contributed by atoms with van der Waals surface area (Å²) in [5.41, 5.74) is 0. The highest BCUT2D eigenvalue weighted by molar-refractivity contribution is 5.76. The molecule has 3 N–H and O–H groups in total. The molecule has 0 aliphatic rings. The minimum absolute atomic E-state index is 0.00554. The molecule has 0 saturated heterocycles. The average Bonchev–Trinajstić information content (AvgIpc) is 3.25. The molecule has 6 nitrogen and oxygen atoms in total. The van der Waals surface area contributed by atoms with Crippen molar-refractivity contribution in [3.8, 4) is 0 Å². The summed E-state index contributed by atoms with van der Waals surface area (Å²) in [6, 6.07) is -0.548. The van der Waals surface area contributed by atoms with Crippen LogP contribution >= 0.6 is 0 Å². The van der Waals surface area contributed by atoms with Crippen molar-refractivity contribution in [3.05, 3.63) is 24.3 Å². The number of rotatable bonds is 49. The van der Waals surface area contributed by atoms with Gasteiger partial charge in [0.05, 0.1) is 25.4 Å². The second-order valence-corrected chi connectivity index (χ2v) is 18.2. The fourth-order valence-electron chi connectivity index (χ4n) is 8.10. The van der Waals surface area contributed by atoms with Gasteiger partial charge in [-0.05, 0) is 77.0 Å². The highest BCUT2D eigenvalue weighted by atomic mass is 16.5. The van der Waals surface area contributed by atoms with Gasteiger partial charge in [0.1, 0.15) is 0 Å². The third-order valence-electron chi connectivity index (χ3n) is 12.2. The van der Waals surface area contributed by atoms with Gasteiger partial charge in [0, 0.05) is 12.8 Å². The Morgan fingerprint density at radius 1 is 0.450 bits per heavy atom. The quantitative estimate of drug-likeness (QED) is 0.0322. The van der Waals surface area contributed by atoms with Crippen LogP contribution < -0.4 is 5.32 Å². The molecule has 354 valence electrons. The van der Waals surface area contributed by atoms with Crippen LogP contribution in [0, 0.1) is 0 Å². The molecule has 0 radical (unpaired) electrons. The van der Waals surface area contributed by atoms with Crippen molar-refractivity contribution in [2.75, 3.05) is 13.2 Å². The largest absolute Gasteiger partial charge is 0.466 e. The number of hydrogen-bond donors (Lipinski definition) is 3. The highest BCUT2D eigenvalue weighted by Gasteiger charge is 2.20. The molecule has 0 aromatic heterocycles. The number of nitrogens with one attached hydrogen (secondary N) is 1. The molecule has 0 spiro atoms. The molecule has 0 fully saturated rings. The van der Waals surface area contributed by atoms with E-state index in [0.717, 1.165) is 57.8 Å². The minimum Gasteiger partial charge on any atom is -0.466 e. The lowest BCUT2D eigenvalue weighted by atomic mass is 10.0. The number of allylic oxidation sites excluding steroid dienone is 4. The molecular formula is C54H103NO5. The SMILES string of the molecule is CCCCCCCC/C=C\CCCCCCCCCC(=O)OCCCCCCCC/C=C\CCCCCCCCCC(=O)NC(CO)C(O)CCCCCCCCCCC. The summed E-state index contributed by atoms with van der Waals surface area (Å²) in [6.07, 6.45) is 58.7. The molecule has 0 saturated carbocycles. The fourth-order valence-corrected chi connectivity index (χ4v) is 8.10. The van der Waals surface area contributed by atoms with Gasteiger partial charge in [0.15, 0.2) is 0 Å². The van der Waals surface area contributed by atoms with Crippen LogP contribution in [0.1, 0.15) is 284 Å². The van der Waals surface area contributed by atoms with E-state index in [0.29, 0.717) is 25.9 Å². The van der Waals surface area contributed by atoms with Crippen LogP contribution in [-0.2, 0) is 14.3 Å². The highest BCUT2D eigenvalue weighted by Crippen LogP contribution is 2.16. The fraction of sp³-hybridized carbons (Fsp3) is 0.889. The van der Waals surface area contributed by atoms with Crippen molar-refractivity contribution in [2.24, 2.45) is 0 Å². The number of hydrogen-bond acceptors (Lipinski definition) is 5. The lowest BCUT2D eigenvalue weighted by molar-refractivity contribution is -0.143. The van der Waals surface area contributed by atoms with Crippen molar-refractivity contribution >= 4 is 11.9 Å². The maximum Gasteiger partial charge on any atom is 0.305 e. The standard InChI is InChI=1S/C54H103NO5/c1-3-5-7-9-11-13-14-15-16-18-22-25-28-32-36-40-44-48-54(59)60-49-45-41-37-33-29-26-23-20-17-19-21-24-27-31-35-39-43-47-53(58)55-51(50-56)52(57)46-42-38-34-30-12-10-8-6-4-2/h15-17,20,51-52,56-57H,3-14,18-19,21-50H2,1-2H3,(H,55,58)/b16-15-,20-17-. The number of carbonyl (C=O) groups is 2. The number of unbranched alkanes of at least 4 members (excludes halogenated alkanes) is 34. The Labute approximate surface area is 373 Å². The Morgan fingerprint density at radius 3 is 1.18 bits per heavy atom. The molecule has 2 unspecified atom stereocenters. The average molecular weight is 846 g/mol. The molecule has 0 aliphatic carbocycles. The predicted molar refractivity (Wildman–Crippen MR) is 260 cm³/mol. The Kier molecular flexibility index (Phi) is 48.6. The number of esters is 1. The predicted octanol–water partition coefficient (Wildman–Crippen LogP) is 15.9. The van der Waals surface area contributed by atoms with Crippen LogP contribution in [-0.4, -0.2) is 47.4 Å². The zero-order valence-electron chi connectivity index (χ0n) is 40.2. The van der Waals surface area contributed by atoms with Crippen molar-refractivity contribution < 1.29 is 24.5 Å². The van der Waals surface area contributed by atoms with Gasteiger partial charge in [-0.1, -0.05) is 218 Å². The van der Waals surface area contributed by atoms with Crippen LogP contribution in [0.4, 0.5) is 0 Å². The molecular weight excluding hydrogens is 743 g/mol. The van der Waals surface area contributed by atoms with E-state index in [2.05, 4.69) is 43.5 Å². The normalized spacial score (nSPS) is 12.8. The molecule has 0 aromatic carbocycles. The molecule has 0 rings (SSSR count). The van der Waals surface area contributed by atoms with E-state index >= 15 is 0 Å². The van der Waals surface area contributed by atoms with E-state index in [-0.39, 0.29) is 18.5 Å². The topological polar surface area (TPSA) is 95.9 Å². The van der Waals surface area contributed by atoms with Crippen molar-refractivity contribution in [1.82, 2.24) is 5.32 Å².